The molecule has 0 spiro atoms. The van der Waals surface area contributed by atoms with Gasteiger partial charge in [-0.2, -0.15) is 13.2 Å². The normalized spacial score (nSPS) is 15.4. The molecular weight excluding hydrogens is 221 g/mol. The van der Waals surface area contributed by atoms with E-state index < -0.39 is 17.8 Å². The van der Waals surface area contributed by atoms with Gasteiger partial charge in [-0.15, -0.1) is 0 Å². The Hall–Kier alpha value is -1.98. The topological polar surface area (TPSA) is 41.1 Å². The SMILES string of the molecule is O=C1C=C(C(F)(F)F)Nc2ccccc2N1. The van der Waals surface area contributed by atoms with Gasteiger partial charge in [-0.05, 0) is 12.1 Å². The van der Waals surface area contributed by atoms with Crippen LogP contribution in [0.5, 0.6) is 0 Å². The van der Waals surface area contributed by atoms with Crippen LogP contribution in [0, 0.1) is 0 Å². The summed E-state index contributed by atoms with van der Waals surface area (Å²) in [5.74, 6) is -0.801. The molecule has 3 nitrogen and oxygen atoms in total. The van der Waals surface area contributed by atoms with Crippen LogP contribution < -0.4 is 10.6 Å². The molecule has 0 radical (unpaired) electrons. The van der Waals surface area contributed by atoms with Crippen molar-refractivity contribution in [1.29, 1.82) is 0 Å². The summed E-state index contributed by atoms with van der Waals surface area (Å²) in [5.41, 5.74) is -0.533. The van der Waals surface area contributed by atoms with E-state index >= 15 is 0 Å². The van der Waals surface area contributed by atoms with Crippen molar-refractivity contribution in [3.63, 3.8) is 0 Å². The fourth-order valence-electron chi connectivity index (χ4n) is 1.33. The summed E-state index contributed by atoms with van der Waals surface area (Å²) in [6.45, 7) is 0. The molecule has 1 aromatic rings. The lowest BCUT2D eigenvalue weighted by Crippen LogP contribution is -2.19. The Bertz CT molecular complexity index is 465. The summed E-state index contributed by atoms with van der Waals surface area (Å²) >= 11 is 0. The van der Waals surface area contributed by atoms with E-state index in [-0.39, 0.29) is 5.69 Å². The zero-order valence-electron chi connectivity index (χ0n) is 7.93. The highest BCUT2D eigenvalue weighted by atomic mass is 19.4. The van der Waals surface area contributed by atoms with Crippen molar-refractivity contribution in [3.05, 3.63) is 36.0 Å². The number of nitrogens with one attached hydrogen (secondary N) is 2. The Morgan fingerprint density at radius 2 is 1.56 bits per heavy atom. The molecule has 2 rings (SSSR count). The molecular formula is C10H7F3N2O. The largest absolute Gasteiger partial charge is 0.431 e. The van der Waals surface area contributed by atoms with Crippen molar-refractivity contribution in [3.8, 4) is 0 Å². The average molecular weight is 228 g/mol. The van der Waals surface area contributed by atoms with Crippen LogP contribution in [0.15, 0.2) is 36.0 Å². The first-order chi connectivity index (χ1) is 7.47. The number of benzene rings is 1. The molecule has 0 saturated carbocycles. The van der Waals surface area contributed by atoms with Crippen LogP contribution in [0.1, 0.15) is 0 Å². The van der Waals surface area contributed by atoms with Crippen LogP contribution in [0.2, 0.25) is 0 Å². The van der Waals surface area contributed by atoms with Crippen LogP contribution in [-0.2, 0) is 4.79 Å². The lowest BCUT2D eigenvalue weighted by molar-refractivity contribution is -0.113. The molecule has 0 aromatic heterocycles. The summed E-state index contributed by atoms with van der Waals surface area (Å²) in [4.78, 5) is 11.2. The van der Waals surface area contributed by atoms with Gasteiger partial charge in [0.2, 0.25) is 0 Å². The number of rotatable bonds is 0. The predicted octanol–water partition coefficient (Wildman–Crippen LogP) is 2.50. The third kappa shape index (κ3) is 2.00. The first kappa shape index (κ1) is 10.5. The van der Waals surface area contributed by atoms with Gasteiger partial charge in [-0.1, -0.05) is 12.1 Å². The molecule has 2 N–H and O–H groups in total. The molecule has 1 aliphatic heterocycles. The second kappa shape index (κ2) is 3.55. The fraction of sp³-hybridized carbons (Fsp3) is 0.100. The first-order valence-electron chi connectivity index (χ1n) is 4.43. The molecule has 1 aromatic carbocycles. The van der Waals surface area contributed by atoms with Crippen molar-refractivity contribution in [2.24, 2.45) is 0 Å². The highest BCUT2D eigenvalue weighted by molar-refractivity contribution is 6.04. The first-order valence-corrected chi connectivity index (χ1v) is 4.43. The molecule has 1 heterocycles. The predicted molar refractivity (Wildman–Crippen MR) is 52.8 cm³/mol. The van der Waals surface area contributed by atoms with Crippen molar-refractivity contribution in [2.75, 3.05) is 10.6 Å². The van der Waals surface area contributed by atoms with E-state index in [1.165, 1.54) is 12.1 Å². The van der Waals surface area contributed by atoms with E-state index in [1.807, 2.05) is 0 Å². The van der Waals surface area contributed by atoms with Gasteiger partial charge in [0.25, 0.3) is 5.91 Å². The fourth-order valence-corrected chi connectivity index (χ4v) is 1.33. The standard InChI is InChI=1S/C10H7F3N2O/c11-10(12,13)8-5-9(16)15-7-4-2-1-3-6(7)14-8/h1-5,14H,(H,15,16). The van der Waals surface area contributed by atoms with E-state index in [0.29, 0.717) is 11.8 Å². The zero-order chi connectivity index (χ0) is 11.8. The van der Waals surface area contributed by atoms with Crippen molar-refractivity contribution >= 4 is 17.3 Å². The zero-order valence-corrected chi connectivity index (χ0v) is 7.93. The number of amides is 1. The quantitative estimate of drug-likeness (QED) is 0.716. The van der Waals surface area contributed by atoms with E-state index in [2.05, 4.69) is 10.6 Å². The van der Waals surface area contributed by atoms with Crippen molar-refractivity contribution < 1.29 is 18.0 Å². The Kier molecular flexibility index (Phi) is 2.34. The Morgan fingerprint density at radius 3 is 2.12 bits per heavy atom. The van der Waals surface area contributed by atoms with Crippen LogP contribution in [0.3, 0.4) is 0 Å². The number of allylic oxidation sites excluding steroid dienone is 1. The Labute approximate surface area is 89.0 Å². The summed E-state index contributed by atoms with van der Waals surface area (Å²) in [5, 5.41) is 4.53. The molecule has 0 bridgehead atoms. The van der Waals surface area contributed by atoms with Crippen LogP contribution in [0.4, 0.5) is 24.5 Å². The van der Waals surface area contributed by atoms with E-state index in [4.69, 9.17) is 0 Å². The van der Waals surface area contributed by atoms with E-state index in [9.17, 15) is 18.0 Å². The van der Waals surface area contributed by atoms with Crippen LogP contribution in [-0.4, -0.2) is 12.1 Å². The monoisotopic (exact) mass is 228 g/mol. The van der Waals surface area contributed by atoms with Gasteiger partial charge in [-0.3, -0.25) is 4.79 Å². The van der Waals surface area contributed by atoms with Gasteiger partial charge in [0.1, 0.15) is 5.70 Å². The number of para-hydroxylation sites is 2. The number of fused-ring (bicyclic) bond motifs is 1. The third-order valence-electron chi connectivity index (χ3n) is 2.04. The minimum atomic E-state index is -4.57. The molecule has 0 aliphatic carbocycles. The van der Waals surface area contributed by atoms with E-state index in [1.54, 1.807) is 12.1 Å². The number of anilines is 2. The second-order valence-electron chi connectivity index (χ2n) is 3.22. The van der Waals surface area contributed by atoms with Crippen molar-refractivity contribution in [2.45, 2.75) is 6.18 Å². The highest BCUT2D eigenvalue weighted by Crippen LogP contribution is 2.32. The van der Waals surface area contributed by atoms with Gasteiger partial charge in [-0.25, -0.2) is 0 Å². The molecule has 16 heavy (non-hydrogen) atoms. The maximum atomic E-state index is 12.5. The lowest BCUT2D eigenvalue weighted by atomic mass is 10.2. The summed E-state index contributed by atoms with van der Waals surface area (Å²) in [6, 6.07) is 6.19. The third-order valence-corrected chi connectivity index (χ3v) is 2.04. The number of alkyl halides is 3. The summed E-state index contributed by atoms with van der Waals surface area (Å²) < 4.78 is 37.4. The van der Waals surface area contributed by atoms with Gasteiger partial charge >= 0.3 is 6.18 Å². The summed E-state index contributed by atoms with van der Waals surface area (Å²) in [6.07, 6.45) is -4.07. The molecule has 84 valence electrons. The summed E-state index contributed by atoms with van der Waals surface area (Å²) in [7, 11) is 0. The maximum Gasteiger partial charge on any atom is 0.431 e. The van der Waals surface area contributed by atoms with Gasteiger partial charge in [0.05, 0.1) is 11.4 Å². The van der Waals surface area contributed by atoms with Gasteiger partial charge in [0.15, 0.2) is 0 Å². The van der Waals surface area contributed by atoms with Crippen LogP contribution >= 0.6 is 0 Å². The Balaban J connectivity index is 2.44. The number of halogens is 3. The number of carbonyl (C=O) groups is 1. The molecule has 6 heteroatoms. The molecule has 1 aliphatic rings. The van der Waals surface area contributed by atoms with Crippen molar-refractivity contribution in [1.82, 2.24) is 0 Å². The Morgan fingerprint density at radius 1 is 1.00 bits per heavy atom. The second-order valence-corrected chi connectivity index (χ2v) is 3.22. The minimum absolute atomic E-state index is 0.219. The smallest absolute Gasteiger partial charge is 0.350 e. The maximum absolute atomic E-state index is 12.5. The molecule has 1 amide bonds. The average Bonchev–Trinajstić information content (AvgIpc) is 2.34. The number of hydrogen-bond donors (Lipinski definition) is 2. The molecule has 0 unspecified atom stereocenters. The number of carbonyl (C=O) groups excluding carboxylic acids is 1. The van der Waals surface area contributed by atoms with Crippen LogP contribution in [0.25, 0.3) is 0 Å². The van der Waals surface area contributed by atoms with Gasteiger partial charge < -0.3 is 10.6 Å². The molecule has 0 fully saturated rings. The highest BCUT2D eigenvalue weighted by Gasteiger charge is 2.36. The lowest BCUT2D eigenvalue weighted by Gasteiger charge is -2.13. The molecule has 0 saturated heterocycles. The molecule has 0 atom stereocenters. The minimum Gasteiger partial charge on any atom is -0.350 e. The van der Waals surface area contributed by atoms with Gasteiger partial charge in [0, 0.05) is 6.08 Å². The van der Waals surface area contributed by atoms with E-state index in [0.717, 1.165) is 0 Å². The number of hydrogen-bond acceptors (Lipinski definition) is 2.